The lowest BCUT2D eigenvalue weighted by Crippen LogP contribution is -2.29. The van der Waals surface area contributed by atoms with Crippen molar-refractivity contribution >= 4 is 11.3 Å². The molecule has 3 rings (SSSR count). The van der Waals surface area contributed by atoms with E-state index >= 15 is 0 Å². The van der Waals surface area contributed by atoms with Crippen LogP contribution in [0.4, 0.5) is 0 Å². The minimum atomic E-state index is 1.06. The zero-order valence-corrected chi connectivity index (χ0v) is 13.8. The molecule has 0 saturated heterocycles. The monoisotopic (exact) mass is 291 g/mol. The summed E-state index contributed by atoms with van der Waals surface area (Å²) in [6.07, 6.45) is 2.16. The normalized spacial score (nSPS) is 14.8. The summed E-state index contributed by atoms with van der Waals surface area (Å²) in [6, 6.07) is 4.31. The van der Waals surface area contributed by atoms with Crippen LogP contribution in [0.1, 0.15) is 16.8 Å². The van der Waals surface area contributed by atoms with Gasteiger partial charge in [0, 0.05) is 38.1 Å². The first-order valence-electron chi connectivity index (χ1n) is 7.05. The van der Waals surface area contributed by atoms with Crippen LogP contribution in [0, 0.1) is 6.92 Å². The number of hydrogen-bond donors (Lipinski definition) is 0. The highest BCUT2D eigenvalue weighted by molar-refractivity contribution is 7.08. The maximum atomic E-state index is 2.34. The summed E-state index contributed by atoms with van der Waals surface area (Å²) < 4.78 is 2.32. The summed E-state index contributed by atoms with van der Waals surface area (Å²) in [6.45, 7) is 6.66. The summed E-state index contributed by atoms with van der Waals surface area (Å²) in [7, 11) is 6.35. The number of fused-ring (bicyclic) bond motifs is 1. The first-order valence-corrected chi connectivity index (χ1v) is 7.99. The number of rotatable bonds is 2. The Labute approximate surface area is 126 Å². The Morgan fingerprint density at radius 2 is 2.05 bits per heavy atom. The second kappa shape index (κ2) is 7.07. The molecule has 0 amide bonds. The fourth-order valence-electron chi connectivity index (χ4n) is 2.33. The molecule has 4 heteroatoms. The maximum absolute atomic E-state index is 2.34. The van der Waals surface area contributed by atoms with Crippen LogP contribution in [0.2, 0.25) is 0 Å². The summed E-state index contributed by atoms with van der Waals surface area (Å²) in [5.41, 5.74) is 4.31. The van der Waals surface area contributed by atoms with E-state index in [0.717, 1.165) is 19.6 Å². The number of thiophene rings is 1. The molecule has 0 saturated carbocycles. The largest absolute Gasteiger partial charge is 0.349 e. The van der Waals surface area contributed by atoms with Crippen LogP contribution in [0.5, 0.6) is 0 Å². The molecule has 0 unspecified atom stereocenters. The molecule has 3 heterocycles. The molecule has 2 aromatic rings. The fraction of sp³-hybridized carbons (Fsp3) is 0.500. The number of nitrogens with zero attached hydrogens (tertiary/aromatic N) is 3. The van der Waals surface area contributed by atoms with Crippen molar-refractivity contribution in [2.75, 3.05) is 27.7 Å². The van der Waals surface area contributed by atoms with Crippen LogP contribution in [0.25, 0.3) is 0 Å². The average molecular weight is 291 g/mol. The van der Waals surface area contributed by atoms with Gasteiger partial charge in [-0.2, -0.15) is 11.3 Å². The molecule has 0 N–H and O–H groups in total. The van der Waals surface area contributed by atoms with E-state index in [-0.39, 0.29) is 0 Å². The predicted molar refractivity (Wildman–Crippen MR) is 87.2 cm³/mol. The van der Waals surface area contributed by atoms with Gasteiger partial charge in [-0.3, -0.25) is 4.90 Å². The van der Waals surface area contributed by atoms with E-state index in [4.69, 9.17) is 0 Å². The molecule has 0 aliphatic carbocycles. The molecule has 0 fully saturated rings. The second-order valence-electron chi connectivity index (χ2n) is 5.75. The van der Waals surface area contributed by atoms with Gasteiger partial charge >= 0.3 is 0 Å². The topological polar surface area (TPSA) is 11.4 Å². The highest BCUT2D eigenvalue weighted by Crippen LogP contribution is 2.14. The van der Waals surface area contributed by atoms with E-state index in [9.17, 15) is 0 Å². The second-order valence-corrected chi connectivity index (χ2v) is 6.49. The van der Waals surface area contributed by atoms with Gasteiger partial charge in [-0.25, -0.2) is 0 Å². The van der Waals surface area contributed by atoms with Crippen LogP contribution in [-0.4, -0.2) is 42.1 Å². The van der Waals surface area contributed by atoms with E-state index in [1.54, 1.807) is 11.3 Å². The molecule has 20 heavy (non-hydrogen) atoms. The predicted octanol–water partition coefficient (Wildman–Crippen LogP) is 3.05. The standard InChI is InChI=1S/C8H12N2.C8H13NS/c1-9-5-6-10-4-2-3-8(10)7-9;1-7-5-10-6-8(7)4-9(2)3/h2-4H,5-7H2,1H3;5-6H,4H2,1-3H3. The molecular formula is C16H25N3S. The summed E-state index contributed by atoms with van der Waals surface area (Å²) in [5, 5.41) is 4.41. The number of aryl methyl sites for hydroxylation is 1. The third-order valence-electron chi connectivity index (χ3n) is 3.53. The molecule has 0 bridgehead atoms. The fourth-order valence-corrected chi connectivity index (χ4v) is 3.18. The minimum absolute atomic E-state index is 1.06. The van der Waals surface area contributed by atoms with Gasteiger partial charge in [0.15, 0.2) is 0 Å². The lowest BCUT2D eigenvalue weighted by Gasteiger charge is -2.24. The van der Waals surface area contributed by atoms with Gasteiger partial charge < -0.3 is 9.47 Å². The Balaban J connectivity index is 0.000000147. The van der Waals surface area contributed by atoms with Gasteiger partial charge in [0.05, 0.1) is 0 Å². The molecular weight excluding hydrogens is 266 g/mol. The third kappa shape index (κ3) is 4.20. The van der Waals surface area contributed by atoms with Crippen molar-refractivity contribution in [2.45, 2.75) is 26.6 Å². The first kappa shape index (κ1) is 15.3. The van der Waals surface area contributed by atoms with Gasteiger partial charge in [0.1, 0.15) is 0 Å². The summed E-state index contributed by atoms with van der Waals surface area (Å²) >= 11 is 1.78. The Hall–Kier alpha value is -1.10. The smallest absolute Gasteiger partial charge is 0.0384 e. The van der Waals surface area contributed by atoms with E-state index in [0.29, 0.717) is 0 Å². The molecule has 2 aromatic heterocycles. The van der Waals surface area contributed by atoms with Gasteiger partial charge in [0.2, 0.25) is 0 Å². The molecule has 1 aliphatic heterocycles. The van der Waals surface area contributed by atoms with Crippen LogP contribution in [0.3, 0.4) is 0 Å². The number of likely N-dealkylation sites (N-methyl/N-ethyl adjacent to an activating group) is 1. The lowest BCUT2D eigenvalue weighted by molar-refractivity contribution is 0.270. The van der Waals surface area contributed by atoms with Crippen LogP contribution in [-0.2, 0) is 19.6 Å². The van der Waals surface area contributed by atoms with Crippen molar-refractivity contribution in [3.63, 3.8) is 0 Å². The van der Waals surface area contributed by atoms with E-state index in [2.05, 4.69) is 71.5 Å². The van der Waals surface area contributed by atoms with Gasteiger partial charge in [-0.1, -0.05) is 0 Å². The zero-order valence-electron chi connectivity index (χ0n) is 13.0. The van der Waals surface area contributed by atoms with E-state index in [1.807, 2.05) is 0 Å². The molecule has 0 aromatic carbocycles. The average Bonchev–Trinajstić information content (AvgIpc) is 2.99. The molecule has 3 nitrogen and oxygen atoms in total. The molecule has 1 aliphatic rings. The van der Waals surface area contributed by atoms with E-state index in [1.165, 1.54) is 23.4 Å². The Morgan fingerprint density at radius 3 is 2.70 bits per heavy atom. The van der Waals surface area contributed by atoms with Gasteiger partial charge in [0.25, 0.3) is 0 Å². The Kier molecular flexibility index (Phi) is 5.40. The van der Waals surface area contributed by atoms with Crippen molar-refractivity contribution in [1.29, 1.82) is 0 Å². The van der Waals surface area contributed by atoms with Crippen molar-refractivity contribution in [2.24, 2.45) is 0 Å². The Morgan fingerprint density at radius 1 is 1.25 bits per heavy atom. The SMILES string of the molecule is CN1CCn2cccc2C1.Cc1cscc1CN(C)C. The number of aromatic nitrogens is 1. The molecule has 110 valence electrons. The van der Waals surface area contributed by atoms with Gasteiger partial charge in [-0.15, -0.1) is 0 Å². The Bertz CT molecular complexity index is 527. The van der Waals surface area contributed by atoms with Crippen molar-refractivity contribution in [3.8, 4) is 0 Å². The van der Waals surface area contributed by atoms with Crippen molar-refractivity contribution in [3.05, 3.63) is 45.9 Å². The summed E-state index contributed by atoms with van der Waals surface area (Å²) in [4.78, 5) is 4.53. The van der Waals surface area contributed by atoms with Crippen molar-refractivity contribution in [1.82, 2.24) is 14.4 Å². The van der Waals surface area contributed by atoms with E-state index < -0.39 is 0 Å². The first-order chi connectivity index (χ1) is 9.56. The molecule has 0 radical (unpaired) electrons. The maximum Gasteiger partial charge on any atom is 0.0384 e. The quantitative estimate of drug-likeness (QED) is 0.842. The highest BCUT2D eigenvalue weighted by atomic mass is 32.1. The molecule has 0 spiro atoms. The van der Waals surface area contributed by atoms with Crippen molar-refractivity contribution < 1.29 is 0 Å². The third-order valence-corrected chi connectivity index (χ3v) is 4.44. The highest BCUT2D eigenvalue weighted by Gasteiger charge is 2.09. The molecule has 0 atom stereocenters. The van der Waals surface area contributed by atoms with Crippen LogP contribution < -0.4 is 0 Å². The summed E-state index contributed by atoms with van der Waals surface area (Å²) in [5.74, 6) is 0. The van der Waals surface area contributed by atoms with Gasteiger partial charge in [-0.05, 0) is 62.1 Å². The number of hydrogen-bond acceptors (Lipinski definition) is 3. The zero-order chi connectivity index (χ0) is 14.5. The minimum Gasteiger partial charge on any atom is -0.349 e. The lowest BCUT2D eigenvalue weighted by atomic mass is 10.2. The van der Waals surface area contributed by atoms with Crippen LogP contribution in [0.15, 0.2) is 29.1 Å². The van der Waals surface area contributed by atoms with Crippen LogP contribution >= 0.6 is 11.3 Å².